The third-order valence-electron chi connectivity index (χ3n) is 4.01. The lowest BCUT2D eigenvalue weighted by atomic mass is 10.1. The Kier molecular flexibility index (Phi) is 5.28. The van der Waals surface area contributed by atoms with E-state index >= 15 is 0 Å². The summed E-state index contributed by atoms with van der Waals surface area (Å²) in [7, 11) is 0. The molecule has 0 aromatic carbocycles. The lowest BCUT2D eigenvalue weighted by Gasteiger charge is -2.10. The van der Waals surface area contributed by atoms with Crippen LogP contribution in [0.2, 0.25) is 0 Å². The molecule has 0 saturated carbocycles. The van der Waals surface area contributed by atoms with Crippen molar-refractivity contribution in [1.82, 2.24) is 29.9 Å². The summed E-state index contributed by atoms with van der Waals surface area (Å²) in [6.45, 7) is 4.43. The molecular weight excluding hydrogens is 336 g/mol. The molecule has 0 unspecified atom stereocenters. The first kappa shape index (κ1) is 17.3. The summed E-state index contributed by atoms with van der Waals surface area (Å²) in [4.78, 5) is 25.2. The van der Waals surface area contributed by atoms with Crippen molar-refractivity contribution >= 4 is 23.4 Å². The number of fused-ring (bicyclic) bond motifs is 1. The van der Waals surface area contributed by atoms with Crippen molar-refractivity contribution in [3.63, 3.8) is 0 Å². The number of amides is 1. The maximum Gasteiger partial charge on any atom is 0.253 e. The average molecular weight is 356 g/mol. The molecule has 0 radical (unpaired) electrons. The molecule has 0 bridgehead atoms. The van der Waals surface area contributed by atoms with Crippen molar-refractivity contribution in [2.75, 3.05) is 12.8 Å². The van der Waals surface area contributed by atoms with Gasteiger partial charge in [-0.15, -0.1) is 5.10 Å². The third kappa shape index (κ3) is 3.96. The van der Waals surface area contributed by atoms with Gasteiger partial charge in [-0.3, -0.25) is 9.78 Å². The van der Waals surface area contributed by atoms with Gasteiger partial charge in [0.05, 0.1) is 6.42 Å². The van der Waals surface area contributed by atoms with Crippen LogP contribution in [0.1, 0.15) is 22.5 Å². The van der Waals surface area contributed by atoms with Gasteiger partial charge in [0.2, 0.25) is 11.1 Å². The first-order chi connectivity index (χ1) is 12.1. The number of pyridine rings is 1. The number of carbonyl (C=O) groups excluding carboxylic acids is 1. The Morgan fingerprint density at radius 3 is 2.88 bits per heavy atom. The Labute approximate surface area is 150 Å². The van der Waals surface area contributed by atoms with Crippen LogP contribution in [0.5, 0.6) is 0 Å². The van der Waals surface area contributed by atoms with Crippen molar-refractivity contribution in [3.8, 4) is 0 Å². The van der Waals surface area contributed by atoms with E-state index < -0.39 is 0 Å². The molecule has 130 valence electrons. The molecule has 0 aliphatic heterocycles. The highest BCUT2D eigenvalue weighted by atomic mass is 32.2. The summed E-state index contributed by atoms with van der Waals surface area (Å²) < 4.78 is 1.71. The van der Waals surface area contributed by atoms with Crippen LogP contribution < -0.4 is 5.32 Å². The molecule has 0 spiro atoms. The monoisotopic (exact) mass is 356 g/mol. The second kappa shape index (κ2) is 7.60. The summed E-state index contributed by atoms with van der Waals surface area (Å²) in [5.41, 5.74) is 3.71. The number of hydrogen-bond acceptors (Lipinski definition) is 6. The molecule has 0 atom stereocenters. The third-order valence-corrected chi connectivity index (χ3v) is 4.55. The number of nitrogens with zero attached hydrogens (tertiary/aromatic N) is 5. The Morgan fingerprint density at radius 2 is 2.16 bits per heavy atom. The summed E-state index contributed by atoms with van der Waals surface area (Å²) in [6.07, 6.45) is 6.51. The van der Waals surface area contributed by atoms with Crippen LogP contribution in [0.15, 0.2) is 29.7 Å². The van der Waals surface area contributed by atoms with Gasteiger partial charge in [0.1, 0.15) is 0 Å². The Morgan fingerprint density at radius 1 is 1.32 bits per heavy atom. The van der Waals surface area contributed by atoms with Crippen molar-refractivity contribution < 1.29 is 4.79 Å². The number of hydrogen-bond donors (Lipinski definition) is 1. The second-order valence-electron chi connectivity index (χ2n) is 5.71. The molecule has 0 aliphatic rings. The van der Waals surface area contributed by atoms with Gasteiger partial charge in [0.15, 0.2) is 0 Å². The van der Waals surface area contributed by atoms with E-state index in [1.54, 1.807) is 10.7 Å². The lowest BCUT2D eigenvalue weighted by molar-refractivity contribution is -0.120. The normalized spacial score (nSPS) is 11.0. The number of rotatable bonds is 6. The minimum Gasteiger partial charge on any atom is -0.355 e. The predicted molar refractivity (Wildman–Crippen MR) is 96.7 cm³/mol. The molecular formula is C17H20N6OS. The molecule has 8 heteroatoms. The zero-order chi connectivity index (χ0) is 17.8. The van der Waals surface area contributed by atoms with Crippen LogP contribution in [-0.4, -0.2) is 43.3 Å². The van der Waals surface area contributed by atoms with E-state index in [0.717, 1.165) is 28.9 Å². The van der Waals surface area contributed by atoms with Gasteiger partial charge in [-0.25, -0.2) is 9.50 Å². The van der Waals surface area contributed by atoms with E-state index in [4.69, 9.17) is 0 Å². The van der Waals surface area contributed by atoms with Crippen molar-refractivity contribution in [2.24, 2.45) is 0 Å². The fourth-order valence-electron chi connectivity index (χ4n) is 2.65. The number of nitrogens with one attached hydrogen (secondary N) is 1. The molecule has 3 aromatic heterocycles. The first-order valence-corrected chi connectivity index (χ1v) is 9.23. The zero-order valence-corrected chi connectivity index (χ0v) is 15.3. The van der Waals surface area contributed by atoms with Crippen LogP contribution >= 0.6 is 11.8 Å². The van der Waals surface area contributed by atoms with Gasteiger partial charge >= 0.3 is 0 Å². The maximum absolute atomic E-state index is 12.3. The second-order valence-corrected chi connectivity index (χ2v) is 6.48. The standard InChI is InChI=1S/C17H20N6OS/c1-11-14(12(2)23-16(20-11)21-17(22-23)25-3)9-15(24)19-8-6-13-5-4-7-18-10-13/h4-5,7,10H,6,8-9H2,1-3H3,(H,19,24). The van der Waals surface area contributed by atoms with Crippen LogP contribution in [0.3, 0.4) is 0 Å². The summed E-state index contributed by atoms with van der Waals surface area (Å²) in [6, 6.07) is 3.89. The highest BCUT2D eigenvalue weighted by molar-refractivity contribution is 7.98. The molecule has 1 amide bonds. The summed E-state index contributed by atoms with van der Waals surface area (Å²) in [5.74, 6) is 0.543. The van der Waals surface area contributed by atoms with E-state index in [1.165, 1.54) is 11.8 Å². The number of thioether (sulfide) groups is 1. The Hall–Kier alpha value is -2.48. The van der Waals surface area contributed by atoms with Gasteiger partial charge in [0.25, 0.3) is 5.78 Å². The maximum atomic E-state index is 12.3. The van der Waals surface area contributed by atoms with Crippen molar-refractivity contribution in [1.29, 1.82) is 0 Å². The highest BCUT2D eigenvalue weighted by Crippen LogP contribution is 2.17. The smallest absolute Gasteiger partial charge is 0.253 e. The molecule has 1 N–H and O–H groups in total. The largest absolute Gasteiger partial charge is 0.355 e. The molecule has 3 aromatic rings. The van der Waals surface area contributed by atoms with Crippen molar-refractivity contribution in [3.05, 3.63) is 47.0 Å². The minimum atomic E-state index is -0.0264. The summed E-state index contributed by atoms with van der Waals surface area (Å²) in [5, 5.41) is 8.04. The van der Waals surface area contributed by atoms with E-state index in [1.807, 2.05) is 38.4 Å². The van der Waals surface area contributed by atoms with Gasteiger partial charge in [-0.2, -0.15) is 4.98 Å². The minimum absolute atomic E-state index is 0.0264. The van der Waals surface area contributed by atoms with Crippen LogP contribution in [0, 0.1) is 13.8 Å². The molecule has 0 saturated heterocycles. The van der Waals surface area contributed by atoms with Gasteiger partial charge in [-0.05, 0) is 38.2 Å². The van der Waals surface area contributed by atoms with Crippen LogP contribution in [0.4, 0.5) is 0 Å². The van der Waals surface area contributed by atoms with E-state index in [0.29, 0.717) is 17.5 Å². The Balaban J connectivity index is 1.68. The fourth-order valence-corrected chi connectivity index (χ4v) is 2.98. The predicted octanol–water partition coefficient (Wildman–Crippen LogP) is 1.76. The van der Waals surface area contributed by atoms with Gasteiger partial charge < -0.3 is 5.32 Å². The van der Waals surface area contributed by atoms with Gasteiger partial charge in [0, 0.05) is 35.9 Å². The fraction of sp³-hybridized carbons (Fsp3) is 0.353. The topological polar surface area (TPSA) is 85.1 Å². The molecule has 3 heterocycles. The lowest BCUT2D eigenvalue weighted by Crippen LogP contribution is -2.28. The van der Waals surface area contributed by atoms with E-state index in [9.17, 15) is 4.79 Å². The average Bonchev–Trinajstić information content (AvgIpc) is 3.03. The SMILES string of the molecule is CSc1nc2nc(C)c(CC(=O)NCCc3cccnc3)c(C)n2n1. The zero-order valence-electron chi connectivity index (χ0n) is 14.5. The van der Waals surface area contributed by atoms with Crippen LogP contribution in [-0.2, 0) is 17.6 Å². The Bertz CT molecular complexity index is 893. The summed E-state index contributed by atoms with van der Waals surface area (Å²) >= 11 is 1.47. The van der Waals surface area contributed by atoms with Gasteiger partial charge in [-0.1, -0.05) is 17.8 Å². The van der Waals surface area contributed by atoms with E-state index in [2.05, 4.69) is 25.4 Å². The van der Waals surface area contributed by atoms with E-state index in [-0.39, 0.29) is 12.3 Å². The number of aromatic nitrogens is 5. The molecule has 3 rings (SSSR count). The molecule has 0 aliphatic carbocycles. The number of aryl methyl sites for hydroxylation is 2. The highest BCUT2D eigenvalue weighted by Gasteiger charge is 2.15. The molecule has 25 heavy (non-hydrogen) atoms. The quantitative estimate of drug-likeness (QED) is 0.678. The van der Waals surface area contributed by atoms with Crippen molar-refractivity contribution in [2.45, 2.75) is 31.8 Å². The number of carbonyl (C=O) groups is 1. The first-order valence-electron chi connectivity index (χ1n) is 8.01. The van der Waals surface area contributed by atoms with Crippen LogP contribution in [0.25, 0.3) is 5.78 Å². The molecule has 7 nitrogen and oxygen atoms in total. The molecule has 0 fully saturated rings.